The fourth-order valence-electron chi connectivity index (χ4n) is 1.87. The van der Waals surface area contributed by atoms with Crippen molar-refractivity contribution in [1.29, 1.82) is 0 Å². The van der Waals surface area contributed by atoms with E-state index in [0.29, 0.717) is 0 Å². The topological polar surface area (TPSA) is 83.8 Å². The third-order valence-corrected chi connectivity index (χ3v) is 2.91. The number of aliphatic carboxylic acids is 1. The highest BCUT2D eigenvalue weighted by Gasteiger charge is 2.81. The maximum atomic E-state index is 11.0. The minimum atomic E-state index is -1.13. The molecule has 0 aromatic carbocycles. The SMILES string of the molecule is O=C(O)C12COC(=O)C1(CO)C2. The van der Waals surface area contributed by atoms with Gasteiger partial charge in [0.25, 0.3) is 0 Å². The summed E-state index contributed by atoms with van der Waals surface area (Å²) < 4.78 is 4.59. The maximum absolute atomic E-state index is 11.0. The summed E-state index contributed by atoms with van der Waals surface area (Å²) >= 11 is 0. The molecule has 2 fully saturated rings. The van der Waals surface area contributed by atoms with Gasteiger partial charge in [0.1, 0.15) is 17.4 Å². The van der Waals surface area contributed by atoms with Gasteiger partial charge in [-0.15, -0.1) is 0 Å². The molecule has 2 rings (SSSR count). The molecule has 0 radical (unpaired) electrons. The zero-order valence-electron chi connectivity index (χ0n) is 6.24. The van der Waals surface area contributed by atoms with Crippen molar-refractivity contribution in [2.75, 3.05) is 13.2 Å². The second kappa shape index (κ2) is 1.80. The van der Waals surface area contributed by atoms with Crippen molar-refractivity contribution in [3.05, 3.63) is 0 Å². The van der Waals surface area contributed by atoms with Gasteiger partial charge in [-0.1, -0.05) is 0 Å². The molecule has 1 saturated heterocycles. The number of hydrogen-bond donors (Lipinski definition) is 2. The summed E-state index contributed by atoms with van der Waals surface area (Å²) in [5.41, 5.74) is -2.25. The van der Waals surface area contributed by atoms with E-state index in [0.717, 1.165) is 0 Å². The number of carbonyl (C=O) groups excluding carboxylic acids is 1. The van der Waals surface area contributed by atoms with E-state index in [1.807, 2.05) is 0 Å². The molecule has 0 spiro atoms. The van der Waals surface area contributed by atoms with Gasteiger partial charge in [-0.05, 0) is 6.42 Å². The maximum Gasteiger partial charge on any atom is 0.315 e. The van der Waals surface area contributed by atoms with Crippen LogP contribution >= 0.6 is 0 Å². The summed E-state index contributed by atoms with van der Waals surface area (Å²) in [6.45, 7) is -0.528. The Morgan fingerprint density at radius 1 is 1.67 bits per heavy atom. The molecule has 2 aliphatic rings. The Hall–Kier alpha value is -1.10. The zero-order valence-corrected chi connectivity index (χ0v) is 6.24. The number of carboxylic acids is 1. The van der Waals surface area contributed by atoms with Crippen molar-refractivity contribution in [2.45, 2.75) is 6.42 Å². The molecule has 5 heteroatoms. The average Bonchev–Trinajstić information content (AvgIpc) is 2.65. The monoisotopic (exact) mass is 172 g/mol. The Labute approximate surface area is 67.9 Å². The number of aliphatic hydroxyl groups is 1. The summed E-state index contributed by atoms with van der Waals surface area (Å²) in [4.78, 5) is 21.8. The minimum absolute atomic E-state index is 0.0955. The third-order valence-electron chi connectivity index (χ3n) is 2.91. The number of fused-ring (bicyclic) bond motifs is 1. The Kier molecular flexibility index (Phi) is 1.13. The van der Waals surface area contributed by atoms with Gasteiger partial charge < -0.3 is 14.9 Å². The molecule has 0 amide bonds. The van der Waals surface area contributed by atoms with Gasteiger partial charge in [0.15, 0.2) is 0 Å². The summed E-state index contributed by atoms with van der Waals surface area (Å²) in [7, 11) is 0. The van der Waals surface area contributed by atoms with Crippen molar-refractivity contribution in [2.24, 2.45) is 10.8 Å². The second-order valence-electron chi connectivity index (χ2n) is 3.38. The Morgan fingerprint density at radius 3 is 2.67 bits per heavy atom. The molecule has 0 aromatic heterocycles. The summed E-state index contributed by atoms with van der Waals surface area (Å²) in [6, 6.07) is 0. The summed E-state index contributed by atoms with van der Waals surface area (Å²) in [6.07, 6.45) is 0.213. The molecule has 0 aromatic rings. The lowest BCUT2D eigenvalue weighted by molar-refractivity contribution is -0.146. The van der Waals surface area contributed by atoms with Crippen LogP contribution < -0.4 is 0 Å². The predicted octanol–water partition coefficient (Wildman–Crippen LogP) is -1.00. The molecule has 2 unspecified atom stereocenters. The molecule has 1 heterocycles. The first kappa shape index (κ1) is 7.54. The van der Waals surface area contributed by atoms with Crippen LogP contribution in [0.4, 0.5) is 0 Å². The second-order valence-corrected chi connectivity index (χ2v) is 3.38. The van der Waals surface area contributed by atoms with Crippen molar-refractivity contribution < 1.29 is 24.5 Å². The number of ether oxygens (including phenoxy) is 1. The lowest BCUT2D eigenvalue weighted by Crippen LogP contribution is -2.26. The van der Waals surface area contributed by atoms with E-state index >= 15 is 0 Å². The highest BCUT2D eigenvalue weighted by molar-refractivity contribution is 5.97. The standard InChI is InChI=1S/C7H8O5/c8-2-6-1-7(6,4(9)10)3-12-5(6)11/h8H,1-3H2,(H,9,10). The Bertz CT molecular complexity index is 271. The summed E-state index contributed by atoms with van der Waals surface area (Å²) in [5.74, 6) is -1.63. The van der Waals surface area contributed by atoms with Crippen LogP contribution in [0.15, 0.2) is 0 Å². The van der Waals surface area contributed by atoms with Crippen LogP contribution in [0.3, 0.4) is 0 Å². The van der Waals surface area contributed by atoms with Crippen LogP contribution in [0, 0.1) is 10.8 Å². The van der Waals surface area contributed by atoms with Gasteiger partial charge in [-0.3, -0.25) is 9.59 Å². The number of carbonyl (C=O) groups is 2. The summed E-state index contributed by atoms with van der Waals surface area (Å²) in [5, 5.41) is 17.7. The Morgan fingerprint density at radius 2 is 2.33 bits per heavy atom. The number of cyclic esters (lactones) is 1. The van der Waals surface area contributed by atoms with Crippen LogP contribution in [0.25, 0.3) is 0 Å². The van der Waals surface area contributed by atoms with Gasteiger partial charge in [-0.25, -0.2) is 0 Å². The fourth-order valence-corrected chi connectivity index (χ4v) is 1.87. The smallest absolute Gasteiger partial charge is 0.315 e. The van der Waals surface area contributed by atoms with Crippen molar-refractivity contribution in [1.82, 2.24) is 0 Å². The van der Waals surface area contributed by atoms with E-state index < -0.39 is 29.4 Å². The number of carboxylic acid groups (broad SMARTS) is 1. The van der Waals surface area contributed by atoms with Crippen molar-refractivity contribution in [3.63, 3.8) is 0 Å². The molecular formula is C7H8O5. The van der Waals surface area contributed by atoms with Gasteiger partial charge in [0.2, 0.25) is 0 Å². The molecule has 2 N–H and O–H groups in total. The first-order chi connectivity index (χ1) is 5.59. The van der Waals surface area contributed by atoms with Gasteiger partial charge in [-0.2, -0.15) is 0 Å². The molecule has 1 aliphatic carbocycles. The van der Waals surface area contributed by atoms with E-state index in [4.69, 9.17) is 10.2 Å². The van der Waals surface area contributed by atoms with Crippen LogP contribution in [0.2, 0.25) is 0 Å². The van der Waals surface area contributed by atoms with Crippen LogP contribution in [0.5, 0.6) is 0 Å². The highest BCUT2D eigenvalue weighted by atomic mass is 16.5. The van der Waals surface area contributed by atoms with E-state index in [9.17, 15) is 9.59 Å². The largest absolute Gasteiger partial charge is 0.481 e. The molecule has 66 valence electrons. The molecule has 1 aliphatic heterocycles. The van der Waals surface area contributed by atoms with E-state index in [-0.39, 0.29) is 13.0 Å². The first-order valence-corrected chi connectivity index (χ1v) is 3.61. The molecule has 2 atom stereocenters. The lowest BCUT2D eigenvalue weighted by Gasteiger charge is -2.04. The van der Waals surface area contributed by atoms with E-state index in [1.54, 1.807) is 0 Å². The van der Waals surface area contributed by atoms with E-state index in [2.05, 4.69) is 4.74 Å². The molecular weight excluding hydrogens is 164 g/mol. The fraction of sp³-hybridized carbons (Fsp3) is 0.714. The molecule has 1 saturated carbocycles. The van der Waals surface area contributed by atoms with Gasteiger partial charge in [0.05, 0.1) is 6.61 Å². The zero-order chi connectivity index (χ0) is 8.98. The first-order valence-electron chi connectivity index (χ1n) is 3.61. The molecule has 5 nitrogen and oxygen atoms in total. The molecule has 0 bridgehead atoms. The van der Waals surface area contributed by atoms with Gasteiger partial charge >= 0.3 is 11.9 Å². The van der Waals surface area contributed by atoms with Crippen LogP contribution in [-0.2, 0) is 14.3 Å². The third kappa shape index (κ3) is 0.513. The van der Waals surface area contributed by atoms with Crippen molar-refractivity contribution in [3.8, 4) is 0 Å². The van der Waals surface area contributed by atoms with Crippen molar-refractivity contribution >= 4 is 11.9 Å². The minimum Gasteiger partial charge on any atom is -0.481 e. The number of aliphatic hydroxyl groups excluding tert-OH is 1. The normalized spacial score (nSPS) is 43.6. The van der Waals surface area contributed by atoms with Gasteiger partial charge in [0, 0.05) is 0 Å². The quantitative estimate of drug-likeness (QED) is 0.522. The Balaban J connectivity index is 2.36. The van der Waals surface area contributed by atoms with Crippen LogP contribution in [0.1, 0.15) is 6.42 Å². The predicted molar refractivity (Wildman–Crippen MR) is 35.2 cm³/mol. The van der Waals surface area contributed by atoms with E-state index in [1.165, 1.54) is 0 Å². The lowest BCUT2D eigenvalue weighted by atomic mass is 9.97. The van der Waals surface area contributed by atoms with Crippen LogP contribution in [-0.4, -0.2) is 35.4 Å². The highest BCUT2D eigenvalue weighted by Crippen LogP contribution is 2.68. The average molecular weight is 172 g/mol. The molecule has 12 heavy (non-hydrogen) atoms. The number of hydrogen-bond acceptors (Lipinski definition) is 4. The number of rotatable bonds is 2. The number of esters is 1.